The minimum atomic E-state index is 0.254. The lowest BCUT2D eigenvalue weighted by atomic mass is 10.1. The molecule has 2 rings (SSSR count). The lowest BCUT2D eigenvalue weighted by molar-refractivity contribution is 0.245. The Balaban J connectivity index is 2.15. The normalized spacial score (nSPS) is 12.9. The fraction of sp³-hybridized carbons (Fsp3) is 0.333. The molecule has 1 unspecified atom stereocenters. The topological polar surface area (TPSA) is 29.3 Å². The van der Waals surface area contributed by atoms with Gasteiger partial charge in [-0.1, -0.05) is 28.1 Å². The van der Waals surface area contributed by atoms with Crippen LogP contribution < -0.4 is 5.73 Å². The molecule has 0 saturated heterocycles. The number of hydrogen-bond acceptors (Lipinski definition) is 3. The van der Waals surface area contributed by atoms with E-state index in [0.717, 1.165) is 11.0 Å². The molecular formula is C15H18Br2N2S. The third kappa shape index (κ3) is 3.92. The van der Waals surface area contributed by atoms with Crippen LogP contribution in [0.2, 0.25) is 0 Å². The van der Waals surface area contributed by atoms with E-state index in [0.29, 0.717) is 6.54 Å². The summed E-state index contributed by atoms with van der Waals surface area (Å²) >= 11 is 8.91. The standard InChI is InChI=1S/C15H18Br2N2S/c1-10-13(17)7-15(20-10)14(8-18)19(2)9-11-4-3-5-12(16)6-11/h3-7,14H,8-9,18H2,1-2H3. The van der Waals surface area contributed by atoms with Crippen LogP contribution in [0.25, 0.3) is 0 Å². The van der Waals surface area contributed by atoms with Gasteiger partial charge in [-0.15, -0.1) is 11.3 Å². The molecule has 108 valence electrons. The first-order valence-electron chi connectivity index (χ1n) is 6.42. The highest BCUT2D eigenvalue weighted by atomic mass is 79.9. The van der Waals surface area contributed by atoms with Crippen molar-refractivity contribution in [3.63, 3.8) is 0 Å². The van der Waals surface area contributed by atoms with Gasteiger partial charge < -0.3 is 5.73 Å². The minimum absolute atomic E-state index is 0.254. The van der Waals surface area contributed by atoms with Crippen molar-refractivity contribution in [2.45, 2.75) is 19.5 Å². The Morgan fingerprint density at radius 2 is 2.05 bits per heavy atom. The summed E-state index contributed by atoms with van der Waals surface area (Å²) in [6.45, 7) is 3.63. The van der Waals surface area contributed by atoms with Crippen LogP contribution in [0, 0.1) is 6.92 Å². The molecular weight excluding hydrogens is 400 g/mol. The summed E-state index contributed by atoms with van der Waals surface area (Å²) in [7, 11) is 2.13. The third-order valence-corrected chi connectivity index (χ3v) is 6.01. The summed E-state index contributed by atoms with van der Waals surface area (Å²) in [4.78, 5) is 4.92. The number of aryl methyl sites for hydroxylation is 1. The first-order chi connectivity index (χ1) is 9.51. The highest BCUT2D eigenvalue weighted by Gasteiger charge is 2.18. The molecule has 0 aliphatic heterocycles. The molecule has 20 heavy (non-hydrogen) atoms. The zero-order valence-corrected chi connectivity index (χ0v) is 15.6. The molecule has 0 fully saturated rings. The van der Waals surface area contributed by atoms with E-state index in [4.69, 9.17) is 5.73 Å². The molecule has 0 aliphatic rings. The van der Waals surface area contributed by atoms with Gasteiger partial charge in [0.05, 0.1) is 6.04 Å². The summed E-state index contributed by atoms with van der Waals surface area (Å²) < 4.78 is 2.29. The number of benzene rings is 1. The van der Waals surface area contributed by atoms with E-state index < -0.39 is 0 Å². The highest BCUT2D eigenvalue weighted by molar-refractivity contribution is 9.10. The van der Waals surface area contributed by atoms with E-state index >= 15 is 0 Å². The van der Waals surface area contributed by atoms with Gasteiger partial charge in [0.15, 0.2) is 0 Å². The highest BCUT2D eigenvalue weighted by Crippen LogP contribution is 2.33. The second-order valence-corrected chi connectivity index (χ2v) is 7.91. The average molecular weight is 418 g/mol. The maximum absolute atomic E-state index is 5.99. The van der Waals surface area contributed by atoms with Crippen molar-refractivity contribution < 1.29 is 0 Å². The first-order valence-corrected chi connectivity index (χ1v) is 8.82. The molecule has 5 heteroatoms. The SMILES string of the molecule is Cc1sc(C(CN)N(C)Cc2cccc(Br)c2)cc1Br. The van der Waals surface area contributed by atoms with Crippen LogP contribution in [0.5, 0.6) is 0 Å². The Morgan fingerprint density at radius 3 is 2.60 bits per heavy atom. The quantitative estimate of drug-likeness (QED) is 0.762. The van der Waals surface area contributed by atoms with Crippen LogP contribution in [0.1, 0.15) is 21.4 Å². The fourth-order valence-electron chi connectivity index (χ4n) is 2.19. The maximum atomic E-state index is 5.99. The molecule has 2 nitrogen and oxygen atoms in total. The van der Waals surface area contributed by atoms with Gasteiger partial charge in [0.25, 0.3) is 0 Å². The van der Waals surface area contributed by atoms with Gasteiger partial charge in [0.1, 0.15) is 0 Å². The third-order valence-electron chi connectivity index (χ3n) is 3.28. The Kier molecular flexibility index (Phi) is 5.81. The summed E-state index contributed by atoms with van der Waals surface area (Å²) in [5.41, 5.74) is 7.27. The Hall–Kier alpha value is -0.200. The predicted molar refractivity (Wildman–Crippen MR) is 94.2 cm³/mol. The van der Waals surface area contributed by atoms with Crippen molar-refractivity contribution in [2.75, 3.05) is 13.6 Å². The molecule has 1 aromatic carbocycles. The summed E-state index contributed by atoms with van der Waals surface area (Å²) in [6, 6.07) is 10.9. The zero-order valence-electron chi connectivity index (χ0n) is 11.6. The summed E-state index contributed by atoms with van der Waals surface area (Å²) in [5.74, 6) is 0. The van der Waals surface area contributed by atoms with Gasteiger partial charge >= 0.3 is 0 Å². The number of halogens is 2. The van der Waals surface area contributed by atoms with Crippen molar-refractivity contribution >= 4 is 43.2 Å². The number of hydrogen-bond donors (Lipinski definition) is 1. The molecule has 0 bridgehead atoms. The van der Waals surface area contributed by atoms with Gasteiger partial charge in [-0.05, 0) is 53.7 Å². The van der Waals surface area contributed by atoms with Gasteiger partial charge in [0.2, 0.25) is 0 Å². The number of rotatable bonds is 5. The van der Waals surface area contributed by atoms with Crippen LogP contribution in [-0.4, -0.2) is 18.5 Å². The zero-order chi connectivity index (χ0) is 14.7. The van der Waals surface area contributed by atoms with E-state index in [2.05, 4.69) is 75.0 Å². The van der Waals surface area contributed by atoms with Gasteiger partial charge in [-0.2, -0.15) is 0 Å². The van der Waals surface area contributed by atoms with Crippen molar-refractivity contribution in [3.05, 3.63) is 54.6 Å². The van der Waals surface area contributed by atoms with Crippen LogP contribution in [0.15, 0.2) is 39.3 Å². The van der Waals surface area contributed by atoms with Crippen LogP contribution in [0.4, 0.5) is 0 Å². The van der Waals surface area contributed by atoms with Crippen LogP contribution in [0.3, 0.4) is 0 Å². The Morgan fingerprint density at radius 1 is 1.30 bits per heavy atom. The number of nitrogens with zero attached hydrogens (tertiary/aromatic N) is 1. The Labute approximate surface area is 141 Å². The van der Waals surface area contributed by atoms with E-state index in [-0.39, 0.29) is 6.04 Å². The monoisotopic (exact) mass is 416 g/mol. The van der Waals surface area contributed by atoms with Crippen molar-refractivity contribution in [1.82, 2.24) is 4.90 Å². The second-order valence-electron chi connectivity index (χ2n) is 4.85. The van der Waals surface area contributed by atoms with Crippen LogP contribution in [-0.2, 0) is 6.54 Å². The molecule has 0 spiro atoms. The molecule has 0 aliphatic carbocycles. The lowest BCUT2D eigenvalue weighted by Crippen LogP contribution is -2.29. The molecule has 2 aromatic rings. The fourth-order valence-corrected chi connectivity index (χ4v) is 4.38. The van der Waals surface area contributed by atoms with Crippen LogP contribution >= 0.6 is 43.2 Å². The van der Waals surface area contributed by atoms with Crippen molar-refractivity contribution in [3.8, 4) is 0 Å². The average Bonchev–Trinajstić information content (AvgIpc) is 2.70. The molecule has 1 atom stereocenters. The summed E-state index contributed by atoms with van der Waals surface area (Å²) in [5, 5.41) is 0. The van der Waals surface area contributed by atoms with E-state index in [1.807, 2.05) is 17.4 Å². The lowest BCUT2D eigenvalue weighted by Gasteiger charge is -2.26. The smallest absolute Gasteiger partial charge is 0.0565 e. The Bertz CT molecular complexity index is 564. The molecule has 0 saturated carbocycles. The molecule has 2 N–H and O–H groups in total. The van der Waals surface area contributed by atoms with Crippen molar-refractivity contribution in [2.24, 2.45) is 5.73 Å². The van der Waals surface area contributed by atoms with E-state index in [1.54, 1.807) is 0 Å². The van der Waals surface area contributed by atoms with Gasteiger partial charge in [-0.3, -0.25) is 4.90 Å². The number of thiophene rings is 1. The second kappa shape index (κ2) is 7.18. The molecule has 1 aromatic heterocycles. The largest absolute Gasteiger partial charge is 0.329 e. The first kappa shape index (κ1) is 16.2. The number of likely N-dealkylation sites (N-methyl/N-ethyl adjacent to an activating group) is 1. The van der Waals surface area contributed by atoms with Gasteiger partial charge in [0, 0.05) is 31.8 Å². The number of nitrogens with two attached hydrogens (primary N) is 1. The molecule has 0 amide bonds. The minimum Gasteiger partial charge on any atom is -0.329 e. The molecule has 1 heterocycles. The summed E-state index contributed by atoms with van der Waals surface area (Å²) in [6.07, 6.45) is 0. The van der Waals surface area contributed by atoms with Crippen molar-refractivity contribution in [1.29, 1.82) is 0 Å². The predicted octanol–water partition coefficient (Wildman–Crippen LogP) is 4.71. The van der Waals surface area contributed by atoms with E-state index in [1.165, 1.54) is 19.8 Å². The van der Waals surface area contributed by atoms with E-state index in [9.17, 15) is 0 Å². The molecule has 0 radical (unpaired) electrons. The van der Waals surface area contributed by atoms with Gasteiger partial charge in [-0.25, -0.2) is 0 Å². The maximum Gasteiger partial charge on any atom is 0.0565 e.